The monoisotopic (exact) mass is 254 g/mol. The van der Waals surface area contributed by atoms with E-state index in [1.54, 1.807) is 32.4 Å². The van der Waals surface area contributed by atoms with Gasteiger partial charge in [-0.2, -0.15) is 0 Å². The number of aliphatic hydroxyl groups excluding tert-OH is 2. The van der Waals surface area contributed by atoms with Gasteiger partial charge >= 0.3 is 0 Å². The van der Waals surface area contributed by atoms with Gasteiger partial charge in [0, 0.05) is 12.7 Å². The van der Waals surface area contributed by atoms with Gasteiger partial charge in [0.25, 0.3) is 0 Å². The Balaban J connectivity index is 3.07. The quantitative estimate of drug-likeness (QED) is 0.816. The third-order valence-corrected chi connectivity index (χ3v) is 3.19. The number of rotatable bonds is 6. The zero-order valence-electron chi connectivity index (χ0n) is 11.4. The lowest BCUT2D eigenvalue weighted by Gasteiger charge is -2.30. The van der Waals surface area contributed by atoms with E-state index in [4.69, 9.17) is 14.6 Å². The molecule has 0 radical (unpaired) electrons. The maximum atomic E-state index is 10.4. The van der Waals surface area contributed by atoms with Crippen molar-refractivity contribution < 1.29 is 19.7 Å². The summed E-state index contributed by atoms with van der Waals surface area (Å²) in [7, 11) is 3.15. The Morgan fingerprint density at radius 3 is 2.00 bits per heavy atom. The summed E-state index contributed by atoms with van der Waals surface area (Å²) in [6.45, 7) is 3.88. The molecule has 0 aliphatic carbocycles. The van der Waals surface area contributed by atoms with Gasteiger partial charge in [-0.1, -0.05) is 13.8 Å². The molecule has 0 aromatic heterocycles. The van der Waals surface area contributed by atoms with Crippen molar-refractivity contribution in [2.45, 2.75) is 26.4 Å². The zero-order valence-corrected chi connectivity index (χ0v) is 11.4. The van der Waals surface area contributed by atoms with Gasteiger partial charge in [-0.25, -0.2) is 0 Å². The minimum atomic E-state index is -0.686. The van der Waals surface area contributed by atoms with Gasteiger partial charge in [-0.3, -0.25) is 0 Å². The molecule has 0 aliphatic heterocycles. The third-order valence-electron chi connectivity index (χ3n) is 3.19. The molecule has 0 heterocycles. The molecule has 1 rings (SSSR count). The van der Waals surface area contributed by atoms with Crippen LogP contribution in [-0.4, -0.2) is 31.0 Å². The maximum Gasteiger partial charge on any atom is 0.122 e. The second kappa shape index (κ2) is 6.07. The predicted molar refractivity (Wildman–Crippen MR) is 70.0 cm³/mol. The Morgan fingerprint density at radius 1 is 1.11 bits per heavy atom. The Labute approximate surface area is 108 Å². The fourth-order valence-corrected chi connectivity index (χ4v) is 1.86. The first-order valence-corrected chi connectivity index (χ1v) is 5.96. The van der Waals surface area contributed by atoms with Crippen molar-refractivity contribution >= 4 is 0 Å². The number of methoxy groups -OCH3 is 2. The van der Waals surface area contributed by atoms with Gasteiger partial charge in [-0.15, -0.1) is 0 Å². The Bertz CT molecular complexity index is 365. The molecular weight excluding hydrogens is 232 g/mol. The molecule has 0 aliphatic rings. The van der Waals surface area contributed by atoms with E-state index >= 15 is 0 Å². The van der Waals surface area contributed by atoms with Gasteiger partial charge < -0.3 is 19.7 Å². The van der Waals surface area contributed by atoms with E-state index < -0.39 is 11.5 Å². The van der Waals surface area contributed by atoms with Crippen LogP contribution in [0, 0.1) is 5.41 Å². The third kappa shape index (κ3) is 3.37. The highest BCUT2D eigenvalue weighted by Gasteiger charge is 2.29. The molecule has 0 saturated heterocycles. The van der Waals surface area contributed by atoms with Crippen molar-refractivity contribution in [3.05, 3.63) is 23.8 Å². The second-order valence-electron chi connectivity index (χ2n) is 5.01. The first-order chi connectivity index (χ1) is 8.44. The second-order valence-corrected chi connectivity index (χ2v) is 5.01. The smallest absolute Gasteiger partial charge is 0.122 e. The van der Waals surface area contributed by atoms with Crippen molar-refractivity contribution in [1.29, 1.82) is 0 Å². The molecule has 2 N–H and O–H groups in total. The molecule has 18 heavy (non-hydrogen) atoms. The van der Waals surface area contributed by atoms with E-state index in [1.165, 1.54) is 0 Å². The summed E-state index contributed by atoms with van der Waals surface area (Å²) >= 11 is 0. The predicted octanol–water partition coefficient (Wildman–Crippen LogP) is 2.15. The van der Waals surface area contributed by atoms with Crippen molar-refractivity contribution in [2.75, 3.05) is 20.8 Å². The van der Waals surface area contributed by atoms with Crippen LogP contribution in [0.2, 0.25) is 0 Å². The molecule has 4 heteroatoms. The van der Waals surface area contributed by atoms with Crippen LogP contribution in [0.3, 0.4) is 0 Å². The minimum Gasteiger partial charge on any atom is -0.497 e. The van der Waals surface area contributed by atoms with Crippen molar-refractivity contribution in [2.24, 2.45) is 5.41 Å². The fraction of sp³-hybridized carbons (Fsp3) is 0.571. The Morgan fingerprint density at radius 2 is 1.61 bits per heavy atom. The number of hydrogen-bond donors (Lipinski definition) is 2. The van der Waals surface area contributed by atoms with Crippen LogP contribution in [0.4, 0.5) is 0 Å². The molecule has 0 spiro atoms. The average Bonchev–Trinajstić information content (AvgIpc) is 2.37. The molecule has 0 fully saturated rings. The lowest BCUT2D eigenvalue weighted by atomic mass is 9.80. The average molecular weight is 254 g/mol. The lowest BCUT2D eigenvalue weighted by molar-refractivity contribution is 0.0302. The normalized spacial score (nSPS) is 13.2. The van der Waals surface area contributed by atoms with Crippen molar-refractivity contribution in [3.8, 4) is 11.5 Å². The van der Waals surface area contributed by atoms with Crippen LogP contribution in [0.1, 0.15) is 31.9 Å². The van der Waals surface area contributed by atoms with Crippen LogP contribution in [0.5, 0.6) is 11.5 Å². The molecule has 0 bridgehead atoms. The fourth-order valence-electron chi connectivity index (χ4n) is 1.86. The van der Waals surface area contributed by atoms with E-state index in [1.807, 2.05) is 13.8 Å². The van der Waals surface area contributed by atoms with Gasteiger partial charge in [0.05, 0.1) is 20.3 Å². The first-order valence-electron chi connectivity index (χ1n) is 5.96. The van der Waals surface area contributed by atoms with E-state index in [9.17, 15) is 5.11 Å². The van der Waals surface area contributed by atoms with Gasteiger partial charge in [0.1, 0.15) is 11.5 Å². The molecule has 1 aromatic rings. The summed E-state index contributed by atoms with van der Waals surface area (Å²) in [5.41, 5.74) is 0.316. The summed E-state index contributed by atoms with van der Waals surface area (Å²) in [4.78, 5) is 0. The first kappa shape index (κ1) is 14.8. The SMILES string of the molecule is COc1cc(OC)cc(C(O)C(C)(C)CCO)c1. The van der Waals surface area contributed by atoms with Gasteiger partial charge in [-0.05, 0) is 29.5 Å². The lowest BCUT2D eigenvalue weighted by Crippen LogP contribution is -2.23. The summed E-state index contributed by atoms with van der Waals surface area (Å²) in [5, 5.41) is 19.4. The van der Waals surface area contributed by atoms with Crippen LogP contribution < -0.4 is 9.47 Å². The van der Waals surface area contributed by atoms with Crippen LogP contribution in [0.15, 0.2) is 18.2 Å². The molecule has 1 atom stereocenters. The maximum absolute atomic E-state index is 10.4. The van der Waals surface area contributed by atoms with Gasteiger partial charge in [0.15, 0.2) is 0 Å². The van der Waals surface area contributed by atoms with Crippen LogP contribution in [0.25, 0.3) is 0 Å². The molecule has 0 amide bonds. The minimum absolute atomic E-state index is 0.0468. The van der Waals surface area contributed by atoms with E-state index in [2.05, 4.69) is 0 Å². The van der Waals surface area contributed by atoms with Crippen LogP contribution >= 0.6 is 0 Å². The van der Waals surface area contributed by atoms with Crippen LogP contribution in [-0.2, 0) is 0 Å². The highest BCUT2D eigenvalue weighted by Crippen LogP contribution is 2.38. The summed E-state index contributed by atoms with van der Waals surface area (Å²) in [6, 6.07) is 5.33. The largest absolute Gasteiger partial charge is 0.497 e. The van der Waals surface area contributed by atoms with E-state index in [-0.39, 0.29) is 6.61 Å². The van der Waals surface area contributed by atoms with Crippen molar-refractivity contribution in [3.63, 3.8) is 0 Å². The number of benzene rings is 1. The van der Waals surface area contributed by atoms with Crippen molar-refractivity contribution in [1.82, 2.24) is 0 Å². The van der Waals surface area contributed by atoms with E-state index in [0.29, 0.717) is 17.9 Å². The van der Waals surface area contributed by atoms with E-state index in [0.717, 1.165) is 5.56 Å². The highest BCUT2D eigenvalue weighted by atomic mass is 16.5. The zero-order chi connectivity index (χ0) is 13.8. The molecule has 0 saturated carbocycles. The number of aliphatic hydroxyl groups is 2. The van der Waals surface area contributed by atoms with Gasteiger partial charge in [0.2, 0.25) is 0 Å². The highest BCUT2D eigenvalue weighted by molar-refractivity contribution is 5.39. The Kier molecular flexibility index (Phi) is 4.99. The molecule has 1 unspecified atom stereocenters. The standard InChI is InChI=1S/C14H22O4/c1-14(2,5-6-15)13(16)10-7-11(17-3)9-12(8-10)18-4/h7-9,13,15-16H,5-6H2,1-4H3. The summed E-state index contributed by atoms with van der Waals surface area (Å²) < 4.78 is 10.4. The summed E-state index contributed by atoms with van der Waals surface area (Å²) in [5.74, 6) is 1.28. The molecular formula is C14H22O4. The number of ether oxygens (including phenoxy) is 2. The number of hydrogen-bond acceptors (Lipinski definition) is 4. The topological polar surface area (TPSA) is 58.9 Å². The summed E-state index contributed by atoms with van der Waals surface area (Å²) in [6.07, 6.45) is -0.165. The molecule has 1 aromatic carbocycles. The Hall–Kier alpha value is -1.26. The molecule has 102 valence electrons. The molecule has 4 nitrogen and oxygen atoms in total.